The summed E-state index contributed by atoms with van der Waals surface area (Å²) in [5.74, 6) is 0. The summed E-state index contributed by atoms with van der Waals surface area (Å²) in [5, 5.41) is 4.97. The standard InChI is InChI=1S/C61H44N2/c1-61(2)53-32-12-9-29-52(53)60-54(61)33-18-36-57(60)63(56-35-14-11-28-49(56)51-31-17-22-42-21-16-30-47(59(42)51)41-19-5-3-6-20-41)46-26-15-23-43(39-46)44-37-38-50-48-27-10-13-34-55(48)62(58(50)40-44)45-24-7-4-8-25-45/h3-40H,1-2H3. The normalized spacial score (nSPS) is 12.7. The van der Waals surface area contributed by atoms with Crippen molar-refractivity contribution in [2.24, 2.45) is 0 Å². The molecule has 2 nitrogen and oxygen atoms in total. The van der Waals surface area contributed by atoms with E-state index in [4.69, 9.17) is 0 Å². The number of hydrogen-bond acceptors (Lipinski definition) is 1. The Balaban J connectivity index is 1.11. The van der Waals surface area contributed by atoms with Crippen LogP contribution in [0.5, 0.6) is 0 Å². The molecule has 2 heteroatoms. The monoisotopic (exact) mass is 804 g/mol. The summed E-state index contributed by atoms with van der Waals surface area (Å²) < 4.78 is 2.40. The van der Waals surface area contributed by atoms with Crippen molar-refractivity contribution < 1.29 is 0 Å². The molecular weight excluding hydrogens is 761 g/mol. The molecule has 0 aliphatic heterocycles. The first-order valence-corrected chi connectivity index (χ1v) is 21.9. The predicted octanol–water partition coefficient (Wildman–Crippen LogP) is 16.7. The minimum Gasteiger partial charge on any atom is -0.309 e. The Labute approximate surface area is 368 Å². The molecule has 0 amide bonds. The zero-order chi connectivity index (χ0) is 42.1. The summed E-state index contributed by atoms with van der Waals surface area (Å²) in [6.07, 6.45) is 0. The molecule has 1 aliphatic rings. The van der Waals surface area contributed by atoms with Crippen molar-refractivity contribution in [1.29, 1.82) is 0 Å². The van der Waals surface area contributed by atoms with E-state index in [1.807, 2.05) is 0 Å². The Hall–Kier alpha value is -7.94. The number of para-hydroxylation sites is 3. The maximum atomic E-state index is 2.53. The van der Waals surface area contributed by atoms with Crippen LogP contribution >= 0.6 is 0 Å². The summed E-state index contributed by atoms with van der Waals surface area (Å²) in [6, 6.07) is 84.7. The first kappa shape index (κ1) is 36.9. The van der Waals surface area contributed by atoms with Crippen LogP contribution in [0.1, 0.15) is 25.0 Å². The SMILES string of the molecule is CC1(C)c2ccccc2-c2c(N(c3cccc(-c4ccc5c6ccccc6n(-c6ccccc6)c5c4)c3)c3ccccc3-c3cccc4cccc(-c5ccccc5)c34)cccc21. The highest BCUT2D eigenvalue weighted by Crippen LogP contribution is 2.55. The van der Waals surface area contributed by atoms with Crippen molar-refractivity contribution in [3.05, 3.63) is 242 Å². The van der Waals surface area contributed by atoms with Crippen LogP contribution < -0.4 is 4.90 Å². The van der Waals surface area contributed by atoms with Crippen LogP contribution in [0, 0.1) is 0 Å². The molecule has 63 heavy (non-hydrogen) atoms. The topological polar surface area (TPSA) is 8.17 Å². The Kier molecular flexibility index (Phi) is 8.55. The number of nitrogens with zero attached hydrogens (tertiary/aromatic N) is 2. The average molecular weight is 805 g/mol. The Morgan fingerprint density at radius 2 is 0.968 bits per heavy atom. The van der Waals surface area contributed by atoms with Crippen molar-refractivity contribution in [3.63, 3.8) is 0 Å². The van der Waals surface area contributed by atoms with Crippen molar-refractivity contribution in [3.8, 4) is 50.2 Å². The summed E-state index contributed by atoms with van der Waals surface area (Å²) in [6.45, 7) is 4.73. The van der Waals surface area contributed by atoms with E-state index in [1.54, 1.807) is 0 Å². The van der Waals surface area contributed by atoms with Crippen molar-refractivity contribution in [1.82, 2.24) is 4.57 Å². The first-order chi connectivity index (χ1) is 31.0. The van der Waals surface area contributed by atoms with E-state index in [-0.39, 0.29) is 5.41 Å². The molecule has 0 saturated heterocycles. The highest BCUT2D eigenvalue weighted by molar-refractivity contribution is 6.11. The van der Waals surface area contributed by atoms with Gasteiger partial charge in [-0.15, -0.1) is 0 Å². The molecule has 1 heterocycles. The molecule has 0 spiro atoms. The number of anilines is 3. The molecule has 0 atom stereocenters. The number of aromatic nitrogens is 1. The van der Waals surface area contributed by atoms with E-state index >= 15 is 0 Å². The maximum absolute atomic E-state index is 2.53. The molecule has 10 aromatic carbocycles. The summed E-state index contributed by atoms with van der Waals surface area (Å²) in [4.78, 5) is 2.53. The van der Waals surface area contributed by atoms with Crippen LogP contribution in [0.25, 0.3) is 82.8 Å². The van der Waals surface area contributed by atoms with Gasteiger partial charge in [-0.3, -0.25) is 0 Å². The van der Waals surface area contributed by atoms with Crippen LogP contribution in [-0.4, -0.2) is 4.57 Å². The molecule has 12 rings (SSSR count). The van der Waals surface area contributed by atoms with Gasteiger partial charge in [0.2, 0.25) is 0 Å². The molecule has 1 aromatic heterocycles. The maximum Gasteiger partial charge on any atom is 0.0547 e. The molecule has 0 radical (unpaired) electrons. The quantitative estimate of drug-likeness (QED) is 0.156. The number of hydrogen-bond donors (Lipinski definition) is 0. The van der Waals surface area contributed by atoms with Crippen molar-refractivity contribution >= 4 is 49.6 Å². The van der Waals surface area contributed by atoms with E-state index < -0.39 is 0 Å². The summed E-state index contributed by atoms with van der Waals surface area (Å²) in [7, 11) is 0. The third-order valence-electron chi connectivity index (χ3n) is 13.4. The van der Waals surface area contributed by atoms with Gasteiger partial charge in [0.05, 0.1) is 22.4 Å². The van der Waals surface area contributed by atoms with Crippen LogP contribution in [0.4, 0.5) is 17.1 Å². The van der Waals surface area contributed by atoms with Crippen LogP contribution in [0.15, 0.2) is 231 Å². The van der Waals surface area contributed by atoms with Crippen LogP contribution in [0.3, 0.4) is 0 Å². The van der Waals surface area contributed by atoms with Gasteiger partial charge >= 0.3 is 0 Å². The van der Waals surface area contributed by atoms with Gasteiger partial charge in [0.15, 0.2) is 0 Å². The fraction of sp³-hybridized carbons (Fsp3) is 0.0492. The Bertz CT molecular complexity index is 3530. The van der Waals surface area contributed by atoms with E-state index in [1.165, 1.54) is 88.3 Å². The van der Waals surface area contributed by atoms with Crippen LogP contribution in [0.2, 0.25) is 0 Å². The fourth-order valence-electron chi connectivity index (χ4n) is 10.5. The Morgan fingerprint density at radius 1 is 0.381 bits per heavy atom. The van der Waals surface area contributed by atoms with E-state index in [9.17, 15) is 0 Å². The third-order valence-corrected chi connectivity index (χ3v) is 13.4. The van der Waals surface area contributed by atoms with E-state index in [0.717, 1.165) is 22.6 Å². The van der Waals surface area contributed by atoms with Gasteiger partial charge < -0.3 is 9.47 Å². The lowest BCUT2D eigenvalue weighted by atomic mass is 9.82. The minimum absolute atomic E-state index is 0.151. The van der Waals surface area contributed by atoms with Crippen molar-refractivity contribution in [2.75, 3.05) is 4.90 Å². The van der Waals surface area contributed by atoms with Crippen molar-refractivity contribution in [2.45, 2.75) is 19.3 Å². The van der Waals surface area contributed by atoms with E-state index in [2.05, 4.69) is 254 Å². The van der Waals surface area contributed by atoms with Gasteiger partial charge in [-0.05, 0) is 104 Å². The lowest BCUT2D eigenvalue weighted by Crippen LogP contribution is -2.16. The fourth-order valence-corrected chi connectivity index (χ4v) is 10.5. The average Bonchev–Trinajstić information content (AvgIpc) is 3.80. The van der Waals surface area contributed by atoms with Gasteiger partial charge in [-0.2, -0.15) is 0 Å². The summed E-state index contributed by atoms with van der Waals surface area (Å²) in [5.41, 5.74) is 19.2. The van der Waals surface area contributed by atoms with Gasteiger partial charge in [0.25, 0.3) is 0 Å². The van der Waals surface area contributed by atoms with Gasteiger partial charge in [0.1, 0.15) is 0 Å². The molecule has 0 unspecified atom stereocenters. The largest absolute Gasteiger partial charge is 0.309 e. The molecule has 0 fully saturated rings. The molecule has 1 aliphatic carbocycles. The van der Waals surface area contributed by atoms with Gasteiger partial charge in [0, 0.05) is 38.7 Å². The lowest BCUT2D eigenvalue weighted by molar-refractivity contribution is 0.660. The second kappa shape index (κ2) is 14.6. The zero-order valence-corrected chi connectivity index (χ0v) is 35.3. The molecule has 0 bridgehead atoms. The Morgan fingerprint density at radius 3 is 1.81 bits per heavy atom. The molecule has 0 N–H and O–H groups in total. The lowest BCUT2D eigenvalue weighted by Gasteiger charge is -2.31. The molecule has 0 saturated carbocycles. The number of rotatable bonds is 7. The third kappa shape index (κ3) is 5.86. The van der Waals surface area contributed by atoms with Crippen LogP contribution in [-0.2, 0) is 5.41 Å². The number of benzene rings is 10. The van der Waals surface area contributed by atoms with Gasteiger partial charge in [-0.25, -0.2) is 0 Å². The number of fused-ring (bicyclic) bond motifs is 7. The predicted molar refractivity (Wildman–Crippen MR) is 267 cm³/mol. The first-order valence-electron chi connectivity index (χ1n) is 21.9. The highest BCUT2D eigenvalue weighted by atomic mass is 15.1. The molecule has 11 aromatic rings. The zero-order valence-electron chi connectivity index (χ0n) is 35.3. The molecular formula is C61H44N2. The smallest absolute Gasteiger partial charge is 0.0547 e. The van der Waals surface area contributed by atoms with Gasteiger partial charge in [-0.1, -0.05) is 196 Å². The second-order valence-electron chi connectivity index (χ2n) is 17.3. The summed E-state index contributed by atoms with van der Waals surface area (Å²) >= 11 is 0. The molecule has 298 valence electrons. The minimum atomic E-state index is -0.151. The highest BCUT2D eigenvalue weighted by Gasteiger charge is 2.38. The van der Waals surface area contributed by atoms with E-state index in [0.29, 0.717) is 0 Å². The second-order valence-corrected chi connectivity index (χ2v) is 17.3.